The van der Waals surface area contributed by atoms with Crippen LogP contribution in [0.3, 0.4) is 0 Å². The van der Waals surface area contributed by atoms with Crippen LogP contribution in [0.1, 0.15) is 14.4 Å². The molecule has 0 bridgehead atoms. The summed E-state index contributed by atoms with van der Waals surface area (Å²) >= 11 is 0. The second-order valence-corrected chi connectivity index (χ2v) is 1.58. The van der Waals surface area contributed by atoms with Gasteiger partial charge in [0.25, 0.3) is 0 Å². The van der Waals surface area contributed by atoms with E-state index in [9.17, 15) is 0 Å². The van der Waals surface area contributed by atoms with Crippen LogP contribution in [0.4, 0.5) is 0 Å². The van der Waals surface area contributed by atoms with Crippen molar-refractivity contribution >= 4 is 0 Å². The van der Waals surface area contributed by atoms with Gasteiger partial charge in [-0.1, -0.05) is 14.4 Å². The van der Waals surface area contributed by atoms with Crippen molar-refractivity contribution in [2.75, 3.05) is 13.1 Å². The minimum absolute atomic E-state index is 0. The quantitative estimate of drug-likeness (QED) is 0.550. The Morgan fingerprint density at radius 3 is 1.44 bits per heavy atom. The maximum Gasteiger partial charge on any atom is -0.00395 e. The fourth-order valence-electron chi connectivity index (χ4n) is 0.0962. The minimum Gasteiger partial charge on any atom is -0.330 e. The van der Waals surface area contributed by atoms with E-state index in [0.717, 1.165) is 0 Å². The van der Waals surface area contributed by atoms with Crippen LogP contribution >= 0.6 is 0 Å². The zero-order chi connectivity index (χ0) is 6.99. The highest BCUT2D eigenvalue weighted by Gasteiger charge is 1.89. The molecule has 0 amide bonds. The summed E-state index contributed by atoms with van der Waals surface area (Å²) < 4.78 is 0. The van der Waals surface area contributed by atoms with Crippen LogP contribution in [-0.4, -0.2) is 13.1 Å². The van der Waals surface area contributed by atoms with Crippen LogP contribution in [0.15, 0.2) is 13.2 Å². The van der Waals surface area contributed by atoms with Crippen molar-refractivity contribution in [3.8, 4) is 0 Å². The SMILES string of the molecule is C.C=C.CC(CN)CN. The van der Waals surface area contributed by atoms with E-state index < -0.39 is 0 Å². The lowest BCUT2D eigenvalue weighted by atomic mass is 10.2. The fraction of sp³-hybridized carbons (Fsp3) is 0.714. The molecule has 0 aromatic heterocycles. The van der Waals surface area contributed by atoms with Crippen LogP contribution in [0.5, 0.6) is 0 Å². The molecule has 0 aliphatic heterocycles. The molecule has 0 aromatic rings. The lowest BCUT2D eigenvalue weighted by Crippen LogP contribution is -2.19. The molecule has 4 N–H and O–H groups in total. The molecular formula is C7H20N2. The zero-order valence-corrected chi connectivity index (χ0v) is 5.56. The van der Waals surface area contributed by atoms with Crippen LogP contribution in [0.2, 0.25) is 0 Å². The van der Waals surface area contributed by atoms with Crippen molar-refractivity contribution in [3.05, 3.63) is 13.2 Å². The van der Waals surface area contributed by atoms with Crippen molar-refractivity contribution in [1.29, 1.82) is 0 Å². The molecule has 0 rings (SSSR count). The van der Waals surface area contributed by atoms with Crippen LogP contribution in [0.25, 0.3) is 0 Å². The third-order valence-corrected chi connectivity index (χ3v) is 0.805. The number of hydrogen-bond acceptors (Lipinski definition) is 2. The largest absolute Gasteiger partial charge is 0.330 e. The summed E-state index contributed by atoms with van der Waals surface area (Å²) in [7, 11) is 0. The summed E-state index contributed by atoms with van der Waals surface area (Å²) in [4.78, 5) is 0. The van der Waals surface area contributed by atoms with Gasteiger partial charge in [-0.25, -0.2) is 0 Å². The molecule has 0 radical (unpaired) electrons. The highest BCUT2D eigenvalue weighted by molar-refractivity contribution is 4.49. The molecule has 2 nitrogen and oxygen atoms in total. The van der Waals surface area contributed by atoms with Crippen molar-refractivity contribution < 1.29 is 0 Å². The summed E-state index contributed by atoms with van der Waals surface area (Å²) in [5.41, 5.74) is 10.4. The van der Waals surface area contributed by atoms with Crippen LogP contribution in [0, 0.1) is 5.92 Å². The summed E-state index contributed by atoms with van der Waals surface area (Å²) in [6.45, 7) is 9.44. The van der Waals surface area contributed by atoms with Crippen molar-refractivity contribution in [2.45, 2.75) is 14.4 Å². The molecule has 0 aliphatic carbocycles. The van der Waals surface area contributed by atoms with Gasteiger partial charge in [0.1, 0.15) is 0 Å². The summed E-state index contributed by atoms with van der Waals surface area (Å²) in [5.74, 6) is 0.491. The molecule has 0 saturated heterocycles. The number of hydrogen-bond donors (Lipinski definition) is 2. The summed E-state index contributed by atoms with van der Waals surface area (Å²) in [6, 6.07) is 0. The molecule has 0 fully saturated rings. The maximum atomic E-state index is 5.20. The topological polar surface area (TPSA) is 52.0 Å². The second kappa shape index (κ2) is 15.6. The molecule has 0 unspecified atom stereocenters. The van der Waals surface area contributed by atoms with E-state index in [0.29, 0.717) is 19.0 Å². The summed E-state index contributed by atoms with van der Waals surface area (Å²) in [5, 5.41) is 0. The number of nitrogens with two attached hydrogens (primary N) is 2. The molecule has 0 atom stereocenters. The lowest BCUT2D eigenvalue weighted by molar-refractivity contribution is 0.608. The van der Waals surface area contributed by atoms with Crippen molar-refractivity contribution in [2.24, 2.45) is 17.4 Å². The second-order valence-electron chi connectivity index (χ2n) is 1.58. The average molecular weight is 132 g/mol. The van der Waals surface area contributed by atoms with E-state index in [2.05, 4.69) is 13.2 Å². The Balaban J connectivity index is -0.000000109. The molecule has 9 heavy (non-hydrogen) atoms. The molecule has 0 saturated carbocycles. The van der Waals surface area contributed by atoms with Gasteiger partial charge in [0.15, 0.2) is 0 Å². The van der Waals surface area contributed by atoms with Gasteiger partial charge >= 0.3 is 0 Å². The predicted octanol–water partition coefficient (Wildman–Crippen LogP) is 0.978. The van der Waals surface area contributed by atoms with Gasteiger partial charge in [-0.15, -0.1) is 13.2 Å². The van der Waals surface area contributed by atoms with Crippen molar-refractivity contribution in [3.63, 3.8) is 0 Å². The van der Waals surface area contributed by atoms with Crippen LogP contribution in [-0.2, 0) is 0 Å². The first-order valence-electron chi connectivity index (χ1n) is 2.71. The molecule has 0 heterocycles. The Morgan fingerprint density at radius 1 is 1.22 bits per heavy atom. The zero-order valence-electron chi connectivity index (χ0n) is 5.56. The Kier molecular flexibility index (Phi) is 27.6. The normalized spacial score (nSPS) is 7.11. The third-order valence-electron chi connectivity index (χ3n) is 0.805. The van der Waals surface area contributed by atoms with Gasteiger partial charge in [-0.2, -0.15) is 0 Å². The minimum atomic E-state index is 0. The lowest BCUT2D eigenvalue weighted by Gasteiger charge is -1.99. The molecule has 0 aliphatic rings. The van der Waals surface area contributed by atoms with Gasteiger partial charge in [-0.3, -0.25) is 0 Å². The molecule has 0 aromatic carbocycles. The number of rotatable bonds is 2. The average Bonchev–Trinajstić information content (AvgIpc) is 1.91. The van der Waals surface area contributed by atoms with E-state index >= 15 is 0 Å². The van der Waals surface area contributed by atoms with E-state index in [1.807, 2.05) is 6.92 Å². The Morgan fingerprint density at radius 2 is 1.44 bits per heavy atom. The van der Waals surface area contributed by atoms with Gasteiger partial charge in [0, 0.05) is 0 Å². The Bertz CT molecular complexity index is 33.9. The van der Waals surface area contributed by atoms with Gasteiger partial charge in [0.2, 0.25) is 0 Å². The summed E-state index contributed by atoms with van der Waals surface area (Å²) in [6.07, 6.45) is 0. The first kappa shape index (κ1) is 15.9. The highest BCUT2D eigenvalue weighted by Crippen LogP contribution is 1.81. The highest BCUT2D eigenvalue weighted by atomic mass is 14.6. The van der Waals surface area contributed by atoms with E-state index in [1.165, 1.54) is 0 Å². The van der Waals surface area contributed by atoms with Gasteiger partial charge in [-0.05, 0) is 19.0 Å². The molecule has 58 valence electrons. The van der Waals surface area contributed by atoms with E-state index in [4.69, 9.17) is 11.5 Å². The Labute approximate surface area is 58.9 Å². The first-order valence-corrected chi connectivity index (χ1v) is 2.71. The predicted molar refractivity (Wildman–Crippen MR) is 45.3 cm³/mol. The standard InChI is InChI=1S/C4H12N2.C2H4.CH4/c1-4(2-5)3-6;1-2;/h4H,2-3,5-6H2,1H3;1-2H2;1H4. The van der Waals surface area contributed by atoms with Gasteiger partial charge < -0.3 is 11.5 Å². The van der Waals surface area contributed by atoms with Crippen LogP contribution < -0.4 is 11.5 Å². The van der Waals surface area contributed by atoms with E-state index in [-0.39, 0.29) is 7.43 Å². The molecule has 0 spiro atoms. The smallest absolute Gasteiger partial charge is 0.00395 e. The molecular weight excluding hydrogens is 112 g/mol. The van der Waals surface area contributed by atoms with E-state index in [1.54, 1.807) is 0 Å². The Hall–Kier alpha value is -0.340. The monoisotopic (exact) mass is 132 g/mol. The van der Waals surface area contributed by atoms with Gasteiger partial charge in [0.05, 0.1) is 0 Å². The first-order chi connectivity index (χ1) is 3.81. The van der Waals surface area contributed by atoms with Crippen molar-refractivity contribution in [1.82, 2.24) is 0 Å². The maximum absolute atomic E-state index is 5.20. The fourth-order valence-corrected chi connectivity index (χ4v) is 0.0962. The third kappa shape index (κ3) is 18.3. The molecule has 2 heteroatoms.